The van der Waals surface area contributed by atoms with Crippen LogP contribution < -0.4 is 5.32 Å². The summed E-state index contributed by atoms with van der Waals surface area (Å²) in [5.74, 6) is -0.420. The number of hydrogen-bond acceptors (Lipinski definition) is 3. The summed E-state index contributed by atoms with van der Waals surface area (Å²) in [4.78, 5) is 29.3. The van der Waals surface area contributed by atoms with E-state index in [1.807, 2.05) is 17.0 Å². The molecule has 2 amide bonds. The Morgan fingerprint density at radius 3 is 1.88 bits per heavy atom. The van der Waals surface area contributed by atoms with E-state index in [9.17, 15) is 9.59 Å². The highest BCUT2D eigenvalue weighted by molar-refractivity contribution is 6.33. The molecule has 0 bridgehead atoms. The Morgan fingerprint density at radius 1 is 0.781 bits per heavy atom. The van der Waals surface area contributed by atoms with Gasteiger partial charge in [0.1, 0.15) is 0 Å². The van der Waals surface area contributed by atoms with Gasteiger partial charge < -0.3 is 10.2 Å². The molecule has 1 aliphatic rings. The van der Waals surface area contributed by atoms with Crippen molar-refractivity contribution < 1.29 is 9.59 Å². The van der Waals surface area contributed by atoms with E-state index >= 15 is 0 Å². The highest BCUT2D eigenvalue weighted by Crippen LogP contribution is 2.29. The summed E-state index contributed by atoms with van der Waals surface area (Å²) in [6.45, 7) is 2.73. The summed E-state index contributed by atoms with van der Waals surface area (Å²) < 4.78 is 0. The Hall–Kier alpha value is -3.15. The lowest BCUT2D eigenvalue weighted by molar-refractivity contribution is -0.132. The van der Waals surface area contributed by atoms with Gasteiger partial charge in [-0.25, -0.2) is 0 Å². The minimum atomic E-state index is -0.337. The average molecular weight is 448 g/mol. The molecule has 164 valence electrons. The van der Waals surface area contributed by atoms with Crippen molar-refractivity contribution in [3.8, 4) is 0 Å². The Labute approximate surface area is 193 Å². The van der Waals surface area contributed by atoms with E-state index in [0.717, 1.165) is 13.1 Å². The molecular weight excluding hydrogens is 422 g/mol. The largest absolute Gasteiger partial charge is 0.343 e. The van der Waals surface area contributed by atoms with Crippen molar-refractivity contribution in [2.45, 2.75) is 6.04 Å². The summed E-state index contributed by atoms with van der Waals surface area (Å²) in [6.07, 6.45) is 0. The third kappa shape index (κ3) is 5.18. The van der Waals surface area contributed by atoms with Crippen LogP contribution in [0.15, 0.2) is 84.9 Å². The lowest BCUT2D eigenvalue weighted by atomic mass is 9.96. The summed E-state index contributed by atoms with van der Waals surface area (Å²) in [5, 5.41) is 3.07. The maximum atomic E-state index is 12.7. The molecule has 0 saturated carbocycles. The van der Waals surface area contributed by atoms with Gasteiger partial charge in [-0.05, 0) is 23.3 Å². The van der Waals surface area contributed by atoms with Gasteiger partial charge in [0, 0.05) is 26.2 Å². The van der Waals surface area contributed by atoms with Gasteiger partial charge in [-0.3, -0.25) is 14.5 Å². The van der Waals surface area contributed by atoms with E-state index in [2.05, 4.69) is 58.7 Å². The third-order valence-corrected chi connectivity index (χ3v) is 6.11. The second kappa shape index (κ2) is 10.4. The SMILES string of the molecule is O=C(NCC(=O)N1CCN(C(c2ccccc2)c2ccccc2)CC1)c1ccccc1Cl. The second-order valence-electron chi connectivity index (χ2n) is 7.80. The molecule has 1 N–H and O–H groups in total. The van der Waals surface area contributed by atoms with Crippen LogP contribution in [0.4, 0.5) is 0 Å². The normalized spacial score (nSPS) is 14.4. The fourth-order valence-corrected chi connectivity index (χ4v) is 4.34. The topological polar surface area (TPSA) is 52.7 Å². The highest BCUT2D eigenvalue weighted by atomic mass is 35.5. The zero-order valence-corrected chi connectivity index (χ0v) is 18.5. The van der Waals surface area contributed by atoms with Crippen molar-refractivity contribution >= 4 is 23.4 Å². The number of rotatable bonds is 6. The van der Waals surface area contributed by atoms with Gasteiger partial charge in [-0.1, -0.05) is 84.4 Å². The first kappa shape index (κ1) is 22.1. The van der Waals surface area contributed by atoms with Crippen molar-refractivity contribution in [2.75, 3.05) is 32.7 Å². The van der Waals surface area contributed by atoms with Gasteiger partial charge in [-0.15, -0.1) is 0 Å². The van der Waals surface area contributed by atoms with Crippen LogP contribution in [0, 0.1) is 0 Å². The van der Waals surface area contributed by atoms with Crippen molar-refractivity contribution in [3.05, 3.63) is 107 Å². The number of halogens is 1. The van der Waals surface area contributed by atoms with E-state index in [1.54, 1.807) is 24.3 Å². The first-order valence-electron chi connectivity index (χ1n) is 10.8. The van der Waals surface area contributed by atoms with Gasteiger partial charge in [0.15, 0.2) is 0 Å². The van der Waals surface area contributed by atoms with Crippen LogP contribution in [-0.4, -0.2) is 54.3 Å². The van der Waals surface area contributed by atoms with Gasteiger partial charge in [0.2, 0.25) is 5.91 Å². The number of benzene rings is 3. The minimum absolute atomic E-state index is 0.0368. The van der Waals surface area contributed by atoms with Crippen LogP contribution in [-0.2, 0) is 4.79 Å². The zero-order chi connectivity index (χ0) is 22.3. The molecular formula is C26H26ClN3O2. The van der Waals surface area contributed by atoms with E-state index in [-0.39, 0.29) is 24.4 Å². The number of carbonyl (C=O) groups is 2. The number of nitrogens with zero attached hydrogens (tertiary/aromatic N) is 2. The molecule has 32 heavy (non-hydrogen) atoms. The average Bonchev–Trinajstić information content (AvgIpc) is 2.84. The molecule has 5 nitrogen and oxygen atoms in total. The molecule has 1 fully saturated rings. The maximum absolute atomic E-state index is 12.7. The molecule has 0 unspecified atom stereocenters. The van der Waals surface area contributed by atoms with Crippen molar-refractivity contribution in [2.24, 2.45) is 0 Å². The number of carbonyl (C=O) groups excluding carboxylic acids is 2. The molecule has 0 aliphatic carbocycles. The Balaban J connectivity index is 1.37. The molecule has 1 saturated heterocycles. The van der Waals surface area contributed by atoms with Crippen LogP contribution in [0.5, 0.6) is 0 Å². The standard InChI is InChI=1S/C26H26ClN3O2/c27-23-14-8-7-13-22(23)26(32)28-19-24(31)29-15-17-30(18-16-29)25(20-9-3-1-4-10-20)21-11-5-2-6-12-21/h1-14,25H,15-19H2,(H,28,32). The molecule has 1 heterocycles. The Kier molecular flexibility index (Phi) is 7.20. The molecule has 0 aromatic heterocycles. The maximum Gasteiger partial charge on any atom is 0.253 e. The molecule has 3 aromatic rings. The summed E-state index contributed by atoms with van der Waals surface area (Å²) in [6, 6.07) is 27.9. The number of nitrogens with one attached hydrogen (secondary N) is 1. The van der Waals surface area contributed by atoms with Crippen molar-refractivity contribution in [1.29, 1.82) is 0 Å². The second-order valence-corrected chi connectivity index (χ2v) is 8.21. The quantitative estimate of drug-likeness (QED) is 0.621. The monoisotopic (exact) mass is 447 g/mol. The first-order valence-corrected chi connectivity index (χ1v) is 11.2. The van der Waals surface area contributed by atoms with E-state index in [0.29, 0.717) is 23.7 Å². The fraction of sp³-hybridized carbons (Fsp3) is 0.231. The molecule has 0 radical (unpaired) electrons. The van der Waals surface area contributed by atoms with E-state index in [4.69, 9.17) is 11.6 Å². The van der Waals surface area contributed by atoms with E-state index < -0.39 is 0 Å². The lowest BCUT2D eigenvalue weighted by Crippen LogP contribution is -2.52. The Morgan fingerprint density at radius 2 is 1.31 bits per heavy atom. The van der Waals surface area contributed by atoms with Crippen LogP contribution in [0.25, 0.3) is 0 Å². The van der Waals surface area contributed by atoms with Gasteiger partial charge in [-0.2, -0.15) is 0 Å². The molecule has 1 aliphatic heterocycles. The number of piperazine rings is 1. The van der Waals surface area contributed by atoms with Crippen LogP contribution >= 0.6 is 11.6 Å². The highest BCUT2D eigenvalue weighted by Gasteiger charge is 2.28. The van der Waals surface area contributed by atoms with Gasteiger partial charge in [0.25, 0.3) is 5.91 Å². The van der Waals surface area contributed by atoms with Crippen LogP contribution in [0.3, 0.4) is 0 Å². The zero-order valence-electron chi connectivity index (χ0n) is 17.8. The first-order chi connectivity index (χ1) is 15.6. The summed E-state index contributed by atoms with van der Waals surface area (Å²) in [7, 11) is 0. The smallest absolute Gasteiger partial charge is 0.253 e. The minimum Gasteiger partial charge on any atom is -0.343 e. The predicted octanol–water partition coefficient (Wildman–Crippen LogP) is 4.00. The molecule has 6 heteroatoms. The predicted molar refractivity (Wildman–Crippen MR) is 127 cm³/mol. The fourth-order valence-electron chi connectivity index (χ4n) is 4.12. The van der Waals surface area contributed by atoms with Gasteiger partial charge in [0.05, 0.1) is 23.2 Å². The van der Waals surface area contributed by atoms with Crippen LogP contribution in [0.2, 0.25) is 5.02 Å². The number of hydrogen-bond donors (Lipinski definition) is 1. The molecule has 4 rings (SSSR count). The molecule has 0 spiro atoms. The molecule has 0 atom stereocenters. The van der Waals surface area contributed by atoms with Crippen LogP contribution in [0.1, 0.15) is 27.5 Å². The lowest BCUT2D eigenvalue weighted by Gasteiger charge is -2.39. The molecule has 3 aromatic carbocycles. The summed E-state index contributed by atoms with van der Waals surface area (Å²) in [5.41, 5.74) is 2.86. The van der Waals surface area contributed by atoms with E-state index in [1.165, 1.54) is 11.1 Å². The van der Waals surface area contributed by atoms with Crippen molar-refractivity contribution in [1.82, 2.24) is 15.1 Å². The number of amides is 2. The Bertz CT molecular complexity index is 1010. The third-order valence-electron chi connectivity index (χ3n) is 5.78. The summed E-state index contributed by atoms with van der Waals surface area (Å²) >= 11 is 6.07. The van der Waals surface area contributed by atoms with Crippen molar-refractivity contribution in [3.63, 3.8) is 0 Å². The van der Waals surface area contributed by atoms with Gasteiger partial charge >= 0.3 is 0 Å².